The number of rotatable bonds is 2. The largest absolute Gasteiger partial charge is 0.467 e. The number of nitrogens with one attached hydrogen (secondary N) is 1. The van der Waals surface area contributed by atoms with E-state index in [4.69, 9.17) is 0 Å². The van der Waals surface area contributed by atoms with Crippen molar-refractivity contribution in [2.45, 2.75) is 18.9 Å². The van der Waals surface area contributed by atoms with Gasteiger partial charge in [0.15, 0.2) is 0 Å². The lowest BCUT2D eigenvalue weighted by molar-refractivity contribution is -0.142. The smallest absolute Gasteiger partial charge is 0.332 e. The van der Waals surface area contributed by atoms with Gasteiger partial charge in [0, 0.05) is 11.8 Å². The molecule has 1 saturated heterocycles. The number of hydrogen-bond donors (Lipinski definition) is 1. The monoisotopic (exact) mass is 199 g/mol. The highest BCUT2D eigenvalue weighted by Crippen LogP contribution is 2.16. The van der Waals surface area contributed by atoms with Gasteiger partial charge >= 0.3 is 11.9 Å². The third-order valence-corrected chi connectivity index (χ3v) is 2.04. The molecule has 0 radical (unpaired) electrons. The van der Waals surface area contributed by atoms with E-state index in [1.807, 2.05) is 0 Å². The van der Waals surface area contributed by atoms with E-state index >= 15 is 0 Å². The Kier molecular flexibility index (Phi) is 3.50. The van der Waals surface area contributed by atoms with Gasteiger partial charge in [-0.1, -0.05) is 0 Å². The third kappa shape index (κ3) is 2.48. The van der Waals surface area contributed by atoms with Crippen molar-refractivity contribution in [3.05, 3.63) is 11.8 Å². The molecule has 5 heteroatoms. The van der Waals surface area contributed by atoms with Crippen LogP contribution in [0.15, 0.2) is 11.8 Å². The Labute approximate surface area is 82.1 Å². The predicted molar refractivity (Wildman–Crippen MR) is 48.3 cm³/mol. The summed E-state index contributed by atoms with van der Waals surface area (Å²) >= 11 is 0. The molecule has 1 fully saturated rings. The summed E-state index contributed by atoms with van der Waals surface area (Å²) in [6.45, 7) is 0. The maximum atomic E-state index is 11.1. The van der Waals surface area contributed by atoms with Crippen LogP contribution in [0.25, 0.3) is 0 Å². The highest BCUT2D eigenvalue weighted by atomic mass is 16.5. The second kappa shape index (κ2) is 4.64. The van der Waals surface area contributed by atoms with E-state index in [1.165, 1.54) is 20.3 Å². The van der Waals surface area contributed by atoms with Crippen LogP contribution < -0.4 is 5.32 Å². The number of ether oxygens (including phenoxy) is 2. The molecule has 0 bridgehead atoms. The van der Waals surface area contributed by atoms with Crippen LogP contribution in [0, 0.1) is 0 Å². The van der Waals surface area contributed by atoms with Crippen molar-refractivity contribution in [3.63, 3.8) is 0 Å². The first-order chi connectivity index (χ1) is 6.67. The molecular weight excluding hydrogens is 186 g/mol. The lowest BCUT2D eigenvalue weighted by Crippen LogP contribution is -2.31. The molecule has 1 heterocycles. The minimum absolute atomic E-state index is 0.307. The number of esters is 2. The Morgan fingerprint density at radius 2 is 2.14 bits per heavy atom. The Balaban J connectivity index is 2.53. The molecule has 5 nitrogen and oxygen atoms in total. The molecule has 1 N–H and O–H groups in total. The van der Waals surface area contributed by atoms with Crippen molar-refractivity contribution in [1.82, 2.24) is 5.32 Å². The van der Waals surface area contributed by atoms with Gasteiger partial charge in [-0.3, -0.25) is 0 Å². The number of carbonyl (C=O) groups excluding carboxylic acids is 2. The number of allylic oxidation sites excluding steroid dienone is 1. The highest BCUT2D eigenvalue weighted by molar-refractivity contribution is 5.83. The van der Waals surface area contributed by atoms with E-state index in [9.17, 15) is 9.59 Å². The molecule has 1 aliphatic heterocycles. The van der Waals surface area contributed by atoms with Gasteiger partial charge in [-0.25, -0.2) is 9.59 Å². The van der Waals surface area contributed by atoms with Crippen molar-refractivity contribution in [1.29, 1.82) is 0 Å². The summed E-state index contributed by atoms with van der Waals surface area (Å²) in [7, 11) is 2.65. The maximum Gasteiger partial charge on any atom is 0.332 e. The Hall–Kier alpha value is -1.52. The van der Waals surface area contributed by atoms with Crippen molar-refractivity contribution >= 4 is 11.9 Å². The van der Waals surface area contributed by atoms with Crippen LogP contribution in [0.3, 0.4) is 0 Å². The van der Waals surface area contributed by atoms with Gasteiger partial charge in [-0.15, -0.1) is 0 Å². The highest BCUT2D eigenvalue weighted by Gasteiger charge is 2.25. The first-order valence-corrected chi connectivity index (χ1v) is 4.30. The summed E-state index contributed by atoms with van der Waals surface area (Å²) in [5, 5.41) is 2.89. The van der Waals surface area contributed by atoms with Crippen molar-refractivity contribution in [2.24, 2.45) is 0 Å². The Morgan fingerprint density at radius 1 is 1.43 bits per heavy atom. The van der Waals surface area contributed by atoms with Gasteiger partial charge in [-0.2, -0.15) is 0 Å². The van der Waals surface area contributed by atoms with Crippen LogP contribution in [-0.4, -0.2) is 32.2 Å². The fraction of sp³-hybridized carbons (Fsp3) is 0.556. The topological polar surface area (TPSA) is 64.6 Å². The molecule has 1 atom stereocenters. The van der Waals surface area contributed by atoms with E-state index in [-0.39, 0.29) is 12.0 Å². The second-order valence-electron chi connectivity index (χ2n) is 2.95. The quantitative estimate of drug-likeness (QED) is 0.499. The molecule has 78 valence electrons. The molecule has 0 aliphatic carbocycles. The van der Waals surface area contributed by atoms with Gasteiger partial charge in [0.05, 0.1) is 14.2 Å². The van der Waals surface area contributed by atoms with Crippen LogP contribution in [0.2, 0.25) is 0 Å². The predicted octanol–water partition coefficient (Wildman–Crippen LogP) is -0.0317. The van der Waals surface area contributed by atoms with Crippen LogP contribution in [-0.2, 0) is 19.1 Å². The molecule has 0 aromatic carbocycles. The minimum Gasteiger partial charge on any atom is -0.467 e. The molecule has 1 aliphatic rings. The van der Waals surface area contributed by atoms with E-state index in [2.05, 4.69) is 14.8 Å². The average molecular weight is 199 g/mol. The normalized spacial score (nSPS) is 23.0. The molecule has 0 aromatic rings. The molecule has 0 amide bonds. The van der Waals surface area contributed by atoms with Crippen molar-refractivity contribution in [3.8, 4) is 0 Å². The molecule has 0 spiro atoms. The van der Waals surface area contributed by atoms with Gasteiger partial charge in [0.1, 0.15) is 6.04 Å². The van der Waals surface area contributed by atoms with Crippen LogP contribution in [0.5, 0.6) is 0 Å². The standard InChI is InChI=1S/C9H13NO4/c1-13-8(11)5-6-3-4-7(10-6)9(12)14-2/h5,7,10H,3-4H2,1-2H3/b6-5-/t7-/m0/s1. The molecule has 0 saturated carbocycles. The van der Waals surface area contributed by atoms with E-state index in [0.717, 1.165) is 0 Å². The van der Waals surface area contributed by atoms with Gasteiger partial charge < -0.3 is 14.8 Å². The summed E-state index contributed by atoms with van der Waals surface area (Å²) in [4.78, 5) is 21.9. The lowest BCUT2D eigenvalue weighted by Gasteiger charge is -2.07. The van der Waals surface area contributed by atoms with Crippen molar-refractivity contribution < 1.29 is 19.1 Å². The fourth-order valence-electron chi connectivity index (χ4n) is 1.30. The molecule has 0 aromatic heterocycles. The summed E-state index contributed by atoms with van der Waals surface area (Å²) in [6.07, 6.45) is 2.66. The summed E-state index contributed by atoms with van der Waals surface area (Å²) in [5.74, 6) is -0.726. The van der Waals surface area contributed by atoms with Gasteiger partial charge in [0.2, 0.25) is 0 Å². The van der Waals surface area contributed by atoms with E-state index < -0.39 is 5.97 Å². The SMILES string of the molecule is COC(=O)/C=C1/CC[C@@H](C(=O)OC)N1. The first kappa shape index (κ1) is 10.6. The van der Waals surface area contributed by atoms with Gasteiger partial charge in [-0.05, 0) is 12.8 Å². The van der Waals surface area contributed by atoms with E-state index in [0.29, 0.717) is 18.5 Å². The minimum atomic E-state index is -0.419. The maximum absolute atomic E-state index is 11.1. The fourth-order valence-corrected chi connectivity index (χ4v) is 1.30. The van der Waals surface area contributed by atoms with Crippen LogP contribution >= 0.6 is 0 Å². The number of hydrogen-bond acceptors (Lipinski definition) is 5. The van der Waals surface area contributed by atoms with Crippen LogP contribution in [0.1, 0.15) is 12.8 Å². The summed E-state index contributed by atoms with van der Waals surface area (Å²) in [6, 6.07) is -0.337. The molecule has 14 heavy (non-hydrogen) atoms. The molecule has 1 rings (SSSR count). The van der Waals surface area contributed by atoms with E-state index in [1.54, 1.807) is 0 Å². The first-order valence-electron chi connectivity index (χ1n) is 4.30. The van der Waals surface area contributed by atoms with Crippen molar-refractivity contribution in [2.75, 3.05) is 14.2 Å². The lowest BCUT2D eigenvalue weighted by atomic mass is 10.2. The zero-order valence-electron chi connectivity index (χ0n) is 8.20. The zero-order valence-corrected chi connectivity index (χ0v) is 8.20. The third-order valence-electron chi connectivity index (χ3n) is 2.04. The summed E-state index contributed by atoms with van der Waals surface area (Å²) in [5.41, 5.74) is 0.715. The van der Waals surface area contributed by atoms with Crippen LogP contribution in [0.4, 0.5) is 0 Å². The van der Waals surface area contributed by atoms with Gasteiger partial charge in [0.25, 0.3) is 0 Å². The average Bonchev–Trinajstić information content (AvgIpc) is 2.65. The summed E-state index contributed by atoms with van der Waals surface area (Å²) < 4.78 is 9.03. The number of carbonyl (C=O) groups is 2. The zero-order chi connectivity index (χ0) is 10.6. The number of methoxy groups -OCH3 is 2. The Morgan fingerprint density at radius 3 is 2.71 bits per heavy atom. The second-order valence-corrected chi connectivity index (χ2v) is 2.95. The molecular formula is C9H13NO4. The Bertz CT molecular complexity index is 272. The molecule has 0 unspecified atom stereocenters.